The third kappa shape index (κ3) is 2.19. The van der Waals surface area contributed by atoms with Crippen molar-refractivity contribution in [2.75, 3.05) is 0 Å². The van der Waals surface area contributed by atoms with Gasteiger partial charge in [-0.3, -0.25) is 4.57 Å². The second-order valence-electron chi connectivity index (χ2n) is 4.94. The Morgan fingerprint density at radius 3 is 2.45 bits per heavy atom. The molecule has 0 fully saturated rings. The second kappa shape index (κ2) is 5.12. The smallest absolute Gasteiger partial charge is 0.129 e. The van der Waals surface area contributed by atoms with Crippen molar-refractivity contribution >= 4 is 34.2 Å². The van der Waals surface area contributed by atoms with Crippen molar-refractivity contribution in [3.05, 3.63) is 58.4 Å². The fraction of sp³-hybridized carbons (Fsp3) is 0.188. The highest BCUT2D eigenvalue weighted by atomic mass is 35.5. The first-order valence-electron chi connectivity index (χ1n) is 6.40. The maximum absolute atomic E-state index is 6.39. The Bertz CT molecular complexity index is 791. The highest BCUT2D eigenvalue weighted by Crippen LogP contribution is 2.28. The number of benzene rings is 2. The minimum Gasteiger partial charge on any atom is -0.294 e. The number of hydrogen-bond donors (Lipinski definition) is 0. The SMILES string of the molecule is Cc1ccc(-n2c(CCl)nc3cc(C)ccc32)c(Cl)c1. The number of halogens is 2. The highest BCUT2D eigenvalue weighted by molar-refractivity contribution is 6.32. The van der Waals surface area contributed by atoms with Gasteiger partial charge in [-0.1, -0.05) is 23.7 Å². The van der Waals surface area contributed by atoms with E-state index < -0.39 is 0 Å². The summed E-state index contributed by atoms with van der Waals surface area (Å²) in [6, 6.07) is 12.2. The molecule has 3 aromatic rings. The summed E-state index contributed by atoms with van der Waals surface area (Å²) < 4.78 is 2.03. The van der Waals surface area contributed by atoms with Gasteiger partial charge < -0.3 is 0 Å². The van der Waals surface area contributed by atoms with Crippen LogP contribution in [0.1, 0.15) is 17.0 Å². The molecule has 4 heteroatoms. The van der Waals surface area contributed by atoms with Crippen LogP contribution in [0.25, 0.3) is 16.7 Å². The quantitative estimate of drug-likeness (QED) is 0.607. The topological polar surface area (TPSA) is 17.8 Å². The highest BCUT2D eigenvalue weighted by Gasteiger charge is 2.14. The molecular weight excluding hydrogens is 291 g/mol. The molecule has 0 aliphatic heterocycles. The average molecular weight is 305 g/mol. The number of nitrogens with zero attached hydrogens (tertiary/aromatic N) is 2. The second-order valence-corrected chi connectivity index (χ2v) is 5.62. The number of aryl methyl sites for hydroxylation is 2. The molecule has 102 valence electrons. The van der Waals surface area contributed by atoms with Crippen LogP contribution in [-0.4, -0.2) is 9.55 Å². The lowest BCUT2D eigenvalue weighted by Crippen LogP contribution is -2.00. The van der Waals surface area contributed by atoms with Gasteiger partial charge in [-0.25, -0.2) is 4.98 Å². The van der Waals surface area contributed by atoms with E-state index in [2.05, 4.69) is 30.1 Å². The molecule has 0 aliphatic rings. The molecule has 0 saturated carbocycles. The lowest BCUT2D eigenvalue weighted by atomic mass is 10.2. The molecular formula is C16H14Cl2N2. The third-order valence-corrected chi connectivity index (χ3v) is 3.88. The molecule has 0 bridgehead atoms. The monoisotopic (exact) mass is 304 g/mol. The molecule has 0 N–H and O–H groups in total. The zero-order chi connectivity index (χ0) is 14.3. The minimum atomic E-state index is 0.345. The normalized spacial score (nSPS) is 11.2. The molecule has 0 radical (unpaired) electrons. The van der Waals surface area contributed by atoms with E-state index in [0.29, 0.717) is 10.9 Å². The van der Waals surface area contributed by atoms with Gasteiger partial charge in [0.05, 0.1) is 27.6 Å². The van der Waals surface area contributed by atoms with Crippen molar-refractivity contribution in [3.8, 4) is 5.69 Å². The Morgan fingerprint density at radius 2 is 1.75 bits per heavy atom. The zero-order valence-electron chi connectivity index (χ0n) is 11.3. The van der Waals surface area contributed by atoms with Crippen LogP contribution in [0.5, 0.6) is 0 Å². The van der Waals surface area contributed by atoms with Crippen LogP contribution in [0.15, 0.2) is 36.4 Å². The Labute approximate surface area is 128 Å². The predicted octanol–water partition coefficient (Wildman–Crippen LogP) is 5.03. The van der Waals surface area contributed by atoms with Gasteiger partial charge in [0.25, 0.3) is 0 Å². The van der Waals surface area contributed by atoms with Gasteiger partial charge in [0.15, 0.2) is 0 Å². The van der Waals surface area contributed by atoms with Gasteiger partial charge in [-0.15, -0.1) is 11.6 Å². The van der Waals surface area contributed by atoms with Crippen molar-refractivity contribution in [2.45, 2.75) is 19.7 Å². The first-order chi connectivity index (χ1) is 9.60. The van der Waals surface area contributed by atoms with E-state index in [0.717, 1.165) is 28.1 Å². The van der Waals surface area contributed by atoms with E-state index in [4.69, 9.17) is 23.2 Å². The molecule has 0 amide bonds. The molecule has 0 atom stereocenters. The molecule has 0 aliphatic carbocycles. The summed E-state index contributed by atoms with van der Waals surface area (Å²) in [5.41, 5.74) is 5.19. The van der Waals surface area contributed by atoms with E-state index in [1.807, 2.05) is 29.7 Å². The first kappa shape index (κ1) is 13.5. The number of hydrogen-bond acceptors (Lipinski definition) is 1. The van der Waals surface area contributed by atoms with Gasteiger partial charge in [0, 0.05) is 0 Å². The lowest BCUT2D eigenvalue weighted by molar-refractivity contribution is 0.981. The number of fused-ring (bicyclic) bond motifs is 1. The largest absolute Gasteiger partial charge is 0.294 e. The summed E-state index contributed by atoms with van der Waals surface area (Å²) >= 11 is 12.4. The van der Waals surface area contributed by atoms with Gasteiger partial charge in [0.1, 0.15) is 5.82 Å². The minimum absolute atomic E-state index is 0.345. The van der Waals surface area contributed by atoms with Gasteiger partial charge in [0.2, 0.25) is 0 Å². The van der Waals surface area contributed by atoms with Crippen LogP contribution >= 0.6 is 23.2 Å². The van der Waals surface area contributed by atoms with Crippen LogP contribution in [0.4, 0.5) is 0 Å². The fourth-order valence-electron chi connectivity index (χ4n) is 2.39. The number of aromatic nitrogens is 2. The van der Waals surface area contributed by atoms with Crippen LogP contribution < -0.4 is 0 Å². The first-order valence-corrected chi connectivity index (χ1v) is 7.32. The maximum Gasteiger partial charge on any atom is 0.129 e. The van der Waals surface area contributed by atoms with E-state index in [1.54, 1.807) is 0 Å². The van der Waals surface area contributed by atoms with Crippen LogP contribution in [0.2, 0.25) is 5.02 Å². The fourth-order valence-corrected chi connectivity index (χ4v) is 2.89. The average Bonchev–Trinajstić information content (AvgIpc) is 2.76. The number of imidazole rings is 1. The predicted molar refractivity (Wildman–Crippen MR) is 85.1 cm³/mol. The van der Waals surface area contributed by atoms with Crippen LogP contribution in [-0.2, 0) is 5.88 Å². The number of rotatable bonds is 2. The van der Waals surface area contributed by atoms with Gasteiger partial charge >= 0.3 is 0 Å². The molecule has 2 aromatic carbocycles. The summed E-state index contributed by atoms with van der Waals surface area (Å²) in [4.78, 5) is 4.60. The van der Waals surface area contributed by atoms with E-state index in [1.165, 1.54) is 5.56 Å². The van der Waals surface area contributed by atoms with Crippen molar-refractivity contribution in [1.82, 2.24) is 9.55 Å². The van der Waals surface area contributed by atoms with Crippen molar-refractivity contribution in [3.63, 3.8) is 0 Å². The molecule has 20 heavy (non-hydrogen) atoms. The van der Waals surface area contributed by atoms with E-state index >= 15 is 0 Å². The summed E-state index contributed by atoms with van der Waals surface area (Å²) in [7, 11) is 0. The molecule has 0 unspecified atom stereocenters. The standard InChI is InChI=1S/C16H14Cl2N2/c1-10-3-5-14(12(18)7-10)20-15-6-4-11(2)8-13(15)19-16(20)9-17/h3-8H,9H2,1-2H3. The van der Waals surface area contributed by atoms with Gasteiger partial charge in [-0.2, -0.15) is 0 Å². The van der Waals surface area contributed by atoms with Crippen molar-refractivity contribution in [2.24, 2.45) is 0 Å². The molecule has 3 rings (SSSR count). The molecule has 1 heterocycles. The molecule has 0 spiro atoms. The Hall–Kier alpha value is -1.51. The lowest BCUT2D eigenvalue weighted by Gasteiger charge is -2.10. The van der Waals surface area contributed by atoms with E-state index in [-0.39, 0.29) is 0 Å². The number of alkyl halides is 1. The molecule has 1 aromatic heterocycles. The maximum atomic E-state index is 6.39. The molecule has 0 saturated heterocycles. The Balaban J connectivity index is 2.34. The summed E-state index contributed by atoms with van der Waals surface area (Å²) in [6.07, 6.45) is 0. The van der Waals surface area contributed by atoms with Crippen molar-refractivity contribution < 1.29 is 0 Å². The Morgan fingerprint density at radius 1 is 1.05 bits per heavy atom. The van der Waals surface area contributed by atoms with E-state index in [9.17, 15) is 0 Å². The zero-order valence-corrected chi connectivity index (χ0v) is 12.8. The summed E-state index contributed by atoms with van der Waals surface area (Å²) in [6.45, 7) is 4.07. The van der Waals surface area contributed by atoms with Crippen LogP contribution in [0, 0.1) is 13.8 Å². The summed E-state index contributed by atoms with van der Waals surface area (Å²) in [5.74, 6) is 1.15. The van der Waals surface area contributed by atoms with Crippen LogP contribution in [0.3, 0.4) is 0 Å². The summed E-state index contributed by atoms with van der Waals surface area (Å²) in [5, 5.41) is 0.705. The third-order valence-electron chi connectivity index (χ3n) is 3.34. The van der Waals surface area contributed by atoms with Gasteiger partial charge in [-0.05, 0) is 49.2 Å². The Kier molecular flexibility index (Phi) is 3.45. The van der Waals surface area contributed by atoms with Crippen molar-refractivity contribution in [1.29, 1.82) is 0 Å². The molecule has 2 nitrogen and oxygen atoms in total.